The molecule has 2 aromatic heterocycles. The van der Waals surface area contributed by atoms with E-state index >= 15 is 0 Å². The summed E-state index contributed by atoms with van der Waals surface area (Å²) in [5.74, 6) is 1.36. The number of methoxy groups -OCH3 is 1. The Balaban J connectivity index is 1.54. The minimum atomic E-state index is -0.419. The summed E-state index contributed by atoms with van der Waals surface area (Å²) in [4.78, 5) is 4.18. The molecule has 0 bridgehead atoms. The van der Waals surface area contributed by atoms with E-state index in [1.165, 1.54) is 6.07 Å². The molecular formula is C18H13FN4O3. The van der Waals surface area contributed by atoms with E-state index in [4.69, 9.17) is 13.7 Å². The summed E-state index contributed by atoms with van der Waals surface area (Å²) < 4.78 is 29.8. The van der Waals surface area contributed by atoms with Crippen LogP contribution < -0.4 is 4.74 Å². The molecule has 0 spiro atoms. The van der Waals surface area contributed by atoms with Crippen molar-refractivity contribution in [2.45, 2.75) is 6.42 Å². The number of hydrogen-bond acceptors (Lipinski definition) is 7. The molecule has 7 nitrogen and oxygen atoms in total. The smallest absolute Gasteiger partial charge is 0.247 e. The molecule has 2 aromatic carbocycles. The van der Waals surface area contributed by atoms with Crippen molar-refractivity contribution >= 4 is 0 Å². The van der Waals surface area contributed by atoms with Gasteiger partial charge < -0.3 is 13.7 Å². The third-order valence-corrected chi connectivity index (χ3v) is 3.67. The second-order valence-electron chi connectivity index (χ2n) is 5.40. The second-order valence-corrected chi connectivity index (χ2v) is 5.40. The van der Waals surface area contributed by atoms with E-state index in [9.17, 15) is 4.39 Å². The van der Waals surface area contributed by atoms with Crippen LogP contribution in [0.15, 0.2) is 57.5 Å². The summed E-state index contributed by atoms with van der Waals surface area (Å²) in [7, 11) is 1.58. The lowest BCUT2D eigenvalue weighted by molar-refractivity contribution is 0.373. The lowest BCUT2D eigenvalue weighted by atomic mass is 10.2. The van der Waals surface area contributed by atoms with E-state index in [0.717, 1.165) is 5.56 Å². The van der Waals surface area contributed by atoms with E-state index in [0.29, 0.717) is 17.5 Å². The normalized spacial score (nSPS) is 10.8. The topological polar surface area (TPSA) is 87.1 Å². The van der Waals surface area contributed by atoms with Gasteiger partial charge in [-0.05, 0) is 30.3 Å². The van der Waals surface area contributed by atoms with Crippen molar-refractivity contribution in [3.8, 4) is 28.6 Å². The molecule has 8 heteroatoms. The van der Waals surface area contributed by atoms with Crippen LogP contribution in [0.5, 0.6) is 5.75 Å². The fraction of sp³-hybridized carbons (Fsp3) is 0.111. The SMILES string of the molecule is COc1cccc(-c2nnc(Cc3nc(-c4ccccc4F)no3)o2)c1. The Labute approximate surface area is 147 Å². The average Bonchev–Trinajstić information content (AvgIpc) is 3.32. The molecule has 0 aliphatic carbocycles. The van der Waals surface area contributed by atoms with Gasteiger partial charge in [0.15, 0.2) is 0 Å². The Morgan fingerprint density at radius 1 is 1.04 bits per heavy atom. The highest BCUT2D eigenvalue weighted by Gasteiger charge is 2.16. The van der Waals surface area contributed by atoms with Crippen molar-refractivity contribution in [2.24, 2.45) is 0 Å². The van der Waals surface area contributed by atoms with Crippen molar-refractivity contribution in [2.75, 3.05) is 7.11 Å². The van der Waals surface area contributed by atoms with Gasteiger partial charge in [0.25, 0.3) is 0 Å². The predicted molar refractivity (Wildman–Crippen MR) is 88.8 cm³/mol. The molecule has 0 aliphatic rings. The summed E-state index contributed by atoms with van der Waals surface area (Å²) in [6, 6.07) is 13.5. The van der Waals surface area contributed by atoms with Gasteiger partial charge in [0, 0.05) is 5.56 Å². The Kier molecular flexibility index (Phi) is 4.14. The van der Waals surface area contributed by atoms with Gasteiger partial charge in [-0.15, -0.1) is 10.2 Å². The number of nitrogens with zero attached hydrogens (tertiary/aromatic N) is 4. The zero-order valence-electron chi connectivity index (χ0n) is 13.7. The molecule has 0 atom stereocenters. The first-order valence-electron chi connectivity index (χ1n) is 7.77. The van der Waals surface area contributed by atoms with Crippen LogP contribution in [-0.4, -0.2) is 27.4 Å². The zero-order valence-corrected chi connectivity index (χ0v) is 13.7. The Morgan fingerprint density at radius 2 is 1.92 bits per heavy atom. The van der Waals surface area contributed by atoms with Crippen molar-refractivity contribution in [3.63, 3.8) is 0 Å². The molecule has 4 aromatic rings. The molecule has 0 fully saturated rings. The van der Waals surface area contributed by atoms with E-state index in [1.54, 1.807) is 31.4 Å². The Hall–Kier alpha value is -3.55. The first-order chi connectivity index (χ1) is 12.7. The average molecular weight is 352 g/mol. The number of rotatable bonds is 5. The fourth-order valence-corrected chi connectivity index (χ4v) is 2.41. The molecule has 0 saturated carbocycles. The Morgan fingerprint density at radius 3 is 2.77 bits per heavy atom. The molecular weight excluding hydrogens is 339 g/mol. The van der Waals surface area contributed by atoms with E-state index in [1.807, 2.05) is 18.2 Å². The van der Waals surface area contributed by atoms with Crippen LogP contribution in [0, 0.1) is 5.82 Å². The van der Waals surface area contributed by atoms with E-state index in [2.05, 4.69) is 20.3 Å². The summed E-state index contributed by atoms with van der Waals surface area (Å²) in [5, 5.41) is 11.8. The number of hydrogen-bond donors (Lipinski definition) is 0. The minimum Gasteiger partial charge on any atom is -0.497 e. The summed E-state index contributed by atoms with van der Waals surface area (Å²) >= 11 is 0. The maximum absolute atomic E-state index is 13.8. The lowest BCUT2D eigenvalue weighted by Crippen LogP contribution is -1.90. The number of aromatic nitrogens is 4. The van der Waals surface area contributed by atoms with Crippen molar-refractivity contribution in [1.29, 1.82) is 0 Å². The first kappa shape index (κ1) is 15.9. The molecule has 0 N–H and O–H groups in total. The van der Waals surface area contributed by atoms with E-state index < -0.39 is 5.82 Å². The molecule has 0 amide bonds. The minimum absolute atomic E-state index is 0.151. The molecule has 0 aliphatic heterocycles. The highest BCUT2D eigenvalue weighted by Crippen LogP contribution is 2.24. The van der Waals surface area contributed by atoms with Gasteiger partial charge in [-0.1, -0.05) is 23.4 Å². The molecule has 0 saturated heterocycles. The number of ether oxygens (including phenoxy) is 1. The number of benzene rings is 2. The second kappa shape index (κ2) is 6.75. The van der Waals surface area contributed by atoms with Crippen molar-refractivity contribution in [1.82, 2.24) is 20.3 Å². The fourth-order valence-electron chi connectivity index (χ4n) is 2.41. The van der Waals surface area contributed by atoms with Crippen LogP contribution in [-0.2, 0) is 6.42 Å². The van der Waals surface area contributed by atoms with E-state index in [-0.39, 0.29) is 23.7 Å². The summed E-state index contributed by atoms with van der Waals surface area (Å²) in [6.07, 6.45) is 0.151. The molecule has 0 unspecified atom stereocenters. The first-order valence-corrected chi connectivity index (χ1v) is 7.77. The van der Waals surface area contributed by atoms with Crippen LogP contribution in [0.4, 0.5) is 4.39 Å². The van der Waals surface area contributed by atoms with Crippen LogP contribution >= 0.6 is 0 Å². The van der Waals surface area contributed by atoms with Crippen molar-refractivity contribution in [3.05, 3.63) is 66.1 Å². The van der Waals surface area contributed by atoms with Crippen LogP contribution in [0.1, 0.15) is 11.8 Å². The van der Waals surface area contributed by atoms with Gasteiger partial charge in [0.2, 0.25) is 23.5 Å². The quantitative estimate of drug-likeness (QED) is 0.543. The lowest BCUT2D eigenvalue weighted by Gasteiger charge is -1.99. The third kappa shape index (κ3) is 3.16. The molecule has 2 heterocycles. The van der Waals surface area contributed by atoms with Gasteiger partial charge in [-0.2, -0.15) is 4.98 Å². The largest absolute Gasteiger partial charge is 0.497 e. The van der Waals surface area contributed by atoms with Crippen LogP contribution in [0.25, 0.3) is 22.8 Å². The third-order valence-electron chi connectivity index (χ3n) is 3.67. The maximum Gasteiger partial charge on any atom is 0.247 e. The summed E-state index contributed by atoms with van der Waals surface area (Å²) in [6.45, 7) is 0. The number of halogens is 1. The van der Waals surface area contributed by atoms with Crippen LogP contribution in [0.2, 0.25) is 0 Å². The van der Waals surface area contributed by atoms with Gasteiger partial charge in [0.1, 0.15) is 18.0 Å². The molecule has 0 radical (unpaired) electrons. The van der Waals surface area contributed by atoms with Gasteiger partial charge in [0.05, 0.1) is 12.7 Å². The molecule has 130 valence electrons. The van der Waals surface area contributed by atoms with Crippen molar-refractivity contribution < 1.29 is 18.1 Å². The zero-order chi connectivity index (χ0) is 17.9. The predicted octanol–water partition coefficient (Wildman–Crippen LogP) is 3.53. The highest BCUT2D eigenvalue weighted by molar-refractivity contribution is 5.56. The maximum atomic E-state index is 13.8. The standard InChI is InChI=1S/C18H13FN4O3/c1-24-12-6-4-5-11(9-12)18-22-21-16(25-18)10-15-20-17(23-26-15)13-7-2-3-8-14(13)19/h2-9H,10H2,1H3. The summed E-state index contributed by atoms with van der Waals surface area (Å²) in [5.41, 5.74) is 1.01. The van der Waals surface area contributed by atoms with Gasteiger partial charge in [-0.25, -0.2) is 4.39 Å². The monoisotopic (exact) mass is 352 g/mol. The van der Waals surface area contributed by atoms with Gasteiger partial charge in [-0.3, -0.25) is 0 Å². The molecule has 4 rings (SSSR count). The molecule has 26 heavy (non-hydrogen) atoms. The Bertz CT molecular complexity index is 1040. The highest BCUT2D eigenvalue weighted by atomic mass is 19.1. The van der Waals surface area contributed by atoms with Crippen LogP contribution in [0.3, 0.4) is 0 Å². The van der Waals surface area contributed by atoms with Gasteiger partial charge >= 0.3 is 0 Å².